The van der Waals surface area contributed by atoms with Crippen LogP contribution in [0.2, 0.25) is 0 Å². The molecule has 0 aromatic carbocycles. The smallest absolute Gasteiger partial charge is 0.271 e. The summed E-state index contributed by atoms with van der Waals surface area (Å²) in [6, 6.07) is 0.309. The number of hydrogen-bond donors (Lipinski definition) is 1. The highest BCUT2D eigenvalue weighted by molar-refractivity contribution is 9.09. The van der Waals surface area contributed by atoms with Crippen LogP contribution in [0.25, 0.3) is 0 Å². The molecule has 0 unspecified atom stereocenters. The molecule has 1 heterocycles. The maximum Gasteiger partial charge on any atom is 0.271 e. The second-order valence-corrected chi connectivity index (χ2v) is 5.64. The molecule has 0 spiro atoms. The van der Waals surface area contributed by atoms with Crippen molar-refractivity contribution < 1.29 is 4.79 Å². The Balaban J connectivity index is 1.88. The van der Waals surface area contributed by atoms with Crippen molar-refractivity contribution in [3.8, 4) is 0 Å². The fourth-order valence-corrected chi connectivity index (χ4v) is 2.52. The van der Waals surface area contributed by atoms with E-state index >= 15 is 0 Å². The lowest BCUT2D eigenvalue weighted by Crippen LogP contribution is -2.37. The Morgan fingerprint density at radius 2 is 2.19 bits per heavy atom. The van der Waals surface area contributed by atoms with E-state index in [0.29, 0.717) is 16.6 Å². The average molecular weight is 286 g/mol. The molecule has 1 aromatic rings. The molecular weight excluding hydrogens is 270 g/mol. The summed E-state index contributed by atoms with van der Waals surface area (Å²) in [6.07, 6.45) is 7.75. The molecule has 16 heavy (non-hydrogen) atoms. The van der Waals surface area contributed by atoms with Crippen molar-refractivity contribution in [1.82, 2.24) is 14.9 Å². The molecule has 1 aromatic heterocycles. The summed E-state index contributed by atoms with van der Waals surface area (Å²) >= 11 is 3.60. The topological polar surface area (TPSA) is 46.9 Å². The molecule has 0 aliphatic heterocycles. The van der Waals surface area contributed by atoms with Crippen LogP contribution in [0.15, 0.2) is 12.5 Å². The second-order valence-electron chi connectivity index (χ2n) is 4.35. The Labute approximate surface area is 104 Å². The molecule has 0 atom stereocenters. The zero-order valence-corrected chi connectivity index (χ0v) is 10.9. The summed E-state index contributed by atoms with van der Waals surface area (Å²) in [5, 5.41) is 3.03. The number of aryl methyl sites for hydroxylation is 1. The van der Waals surface area contributed by atoms with Gasteiger partial charge in [-0.05, 0) is 25.7 Å². The zero-order chi connectivity index (χ0) is 11.5. The van der Waals surface area contributed by atoms with Gasteiger partial charge in [-0.15, -0.1) is 0 Å². The first-order chi connectivity index (χ1) is 7.65. The van der Waals surface area contributed by atoms with Gasteiger partial charge in [-0.3, -0.25) is 4.79 Å². The Morgan fingerprint density at radius 1 is 1.50 bits per heavy atom. The fraction of sp³-hybridized carbons (Fsp3) is 0.636. The standard InChI is InChI=1S/C11H16BrN3O/c1-15-6-10(13-7-15)11(16)14-9-4-2-8(12)3-5-9/h6-9H,2-5H2,1H3,(H,14,16). The molecule has 2 rings (SSSR count). The molecule has 0 radical (unpaired) electrons. The largest absolute Gasteiger partial charge is 0.348 e. The molecule has 1 N–H and O–H groups in total. The van der Waals surface area contributed by atoms with E-state index in [1.807, 2.05) is 7.05 Å². The van der Waals surface area contributed by atoms with Crippen molar-refractivity contribution in [2.24, 2.45) is 7.05 Å². The highest BCUT2D eigenvalue weighted by Gasteiger charge is 2.21. The number of imidazole rings is 1. The molecule has 4 nitrogen and oxygen atoms in total. The van der Waals surface area contributed by atoms with Gasteiger partial charge in [-0.2, -0.15) is 0 Å². The normalized spacial score (nSPS) is 25.4. The van der Waals surface area contributed by atoms with Gasteiger partial charge >= 0.3 is 0 Å². The molecule has 1 amide bonds. The minimum Gasteiger partial charge on any atom is -0.348 e. The lowest BCUT2D eigenvalue weighted by Gasteiger charge is -2.25. The first-order valence-electron chi connectivity index (χ1n) is 5.58. The first kappa shape index (κ1) is 11.6. The molecule has 0 saturated heterocycles. The van der Waals surface area contributed by atoms with E-state index < -0.39 is 0 Å². The Kier molecular flexibility index (Phi) is 3.63. The van der Waals surface area contributed by atoms with Crippen molar-refractivity contribution >= 4 is 21.8 Å². The van der Waals surface area contributed by atoms with E-state index in [9.17, 15) is 4.79 Å². The van der Waals surface area contributed by atoms with Crippen molar-refractivity contribution in [3.63, 3.8) is 0 Å². The minimum absolute atomic E-state index is 0.0568. The molecule has 88 valence electrons. The number of nitrogens with one attached hydrogen (secondary N) is 1. The van der Waals surface area contributed by atoms with E-state index in [0.717, 1.165) is 25.7 Å². The number of rotatable bonds is 2. The fourth-order valence-electron chi connectivity index (χ4n) is 1.99. The SMILES string of the molecule is Cn1cnc(C(=O)NC2CCC(Br)CC2)c1. The summed E-state index contributed by atoms with van der Waals surface area (Å²) in [6.45, 7) is 0. The molecule has 0 bridgehead atoms. The van der Waals surface area contributed by atoms with E-state index in [1.165, 1.54) is 0 Å². The van der Waals surface area contributed by atoms with Crippen LogP contribution in [0.5, 0.6) is 0 Å². The van der Waals surface area contributed by atoms with E-state index in [1.54, 1.807) is 17.1 Å². The monoisotopic (exact) mass is 285 g/mol. The Bertz CT molecular complexity index is 369. The van der Waals surface area contributed by atoms with Crippen LogP contribution >= 0.6 is 15.9 Å². The van der Waals surface area contributed by atoms with Crippen LogP contribution in [0.4, 0.5) is 0 Å². The lowest BCUT2D eigenvalue weighted by molar-refractivity contribution is 0.0923. The zero-order valence-electron chi connectivity index (χ0n) is 9.32. The maximum atomic E-state index is 11.8. The molecular formula is C11H16BrN3O. The second kappa shape index (κ2) is 4.99. The van der Waals surface area contributed by atoms with Crippen LogP contribution in [-0.2, 0) is 7.05 Å². The van der Waals surface area contributed by atoms with Gasteiger partial charge in [-0.25, -0.2) is 4.98 Å². The Morgan fingerprint density at radius 3 is 2.75 bits per heavy atom. The quantitative estimate of drug-likeness (QED) is 0.843. The number of halogens is 1. The number of amides is 1. The van der Waals surface area contributed by atoms with Gasteiger partial charge in [0.25, 0.3) is 5.91 Å². The summed E-state index contributed by atoms with van der Waals surface area (Å²) in [5.74, 6) is -0.0568. The van der Waals surface area contributed by atoms with E-state index in [2.05, 4.69) is 26.2 Å². The molecule has 1 aliphatic rings. The van der Waals surface area contributed by atoms with Crippen molar-refractivity contribution in [2.45, 2.75) is 36.6 Å². The Hall–Kier alpha value is -0.840. The third-order valence-corrected chi connectivity index (χ3v) is 3.85. The number of carbonyl (C=O) groups excluding carboxylic acids is 1. The highest BCUT2D eigenvalue weighted by Crippen LogP contribution is 2.24. The highest BCUT2D eigenvalue weighted by atomic mass is 79.9. The summed E-state index contributed by atoms with van der Waals surface area (Å²) in [4.78, 5) is 16.5. The first-order valence-corrected chi connectivity index (χ1v) is 6.49. The van der Waals surface area contributed by atoms with Crippen molar-refractivity contribution in [1.29, 1.82) is 0 Å². The predicted octanol–water partition coefficient (Wildman–Crippen LogP) is 1.86. The minimum atomic E-state index is -0.0568. The van der Waals surface area contributed by atoms with Gasteiger partial charge in [0.05, 0.1) is 6.33 Å². The third-order valence-electron chi connectivity index (χ3n) is 2.93. The van der Waals surface area contributed by atoms with Gasteiger partial charge in [0.1, 0.15) is 5.69 Å². The summed E-state index contributed by atoms with van der Waals surface area (Å²) < 4.78 is 1.78. The van der Waals surface area contributed by atoms with Gasteiger partial charge in [0.2, 0.25) is 0 Å². The number of nitrogens with zero attached hydrogens (tertiary/aromatic N) is 2. The van der Waals surface area contributed by atoms with Crippen LogP contribution in [0.3, 0.4) is 0 Å². The van der Waals surface area contributed by atoms with Gasteiger partial charge in [-0.1, -0.05) is 15.9 Å². The lowest BCUT2D eigenvalue weighted by atomic mass is 9.95. The molecule has 1 saturated carbocycles. The number of alkyl halides is 1. The summed E-state index contributed by atoms with van der Waals surface area (Å²) in [7, 11) is 1.86. The van der Waals surface area contributed by atoms with Crippen LogP contribution < -0.4 is 5.32 Å². The molecule has 1 fully saturated rings. The molecule has 5 heteroatoms. The number of carbonyl (C=O) groups is 1. The maximum absolute atomic E-state index is 11.8. The van der Waals surface area contributed by atoms with Gasteiger partial charge in [0, 0.05) is 24.1 Å². The van der Waals surface area contributed by atoms with Crippen LogP contribution in [0.1, 0.15) is 36.2 Å². The summed E-state index contributed by atoms with van der Waals surface area (Å²) in [5.41, 5.74) is 0.503. The number of aromatic nitrogens is 2. The van der Waals surface area contributed by atoms with Crippen molar-refractivity contribution in [2.75, 3.05) is 0 Å². The van der Waals surface area contributed by atoms with E-state index in [-0.39, 0.29) is 5.91 Å². The van der Waals surface area contributed by atoms with Crippen molar-refractivity contribution in [3.05, 3.63) is 18.2 Å². The van der Waals surface area contributed by atoms with Gasteiger partial charge in [0.15, 0.2) is 0 Å². The van der Waals surface area contributed by atoms with Crippen LogP contribution in [-0.4, -0.2) is 26.3 Å². The van der Waals surface area contributed by atoms with Gasteiger partial charge < -0.3 is 9.88 Å². The molecule has 1 aliphatic carbocycles. The van der Waals surface area contributed by atoms with E-state index in [4.69, 9.17) is 0 Å². The third kappa shape index (κ3) is 2.84. The average Bonchev–Trinajstić information content (AvgIpc) is 2.68. The number of hydrogen-bond acceptors (Lipinski definition) is 2. The van der Waals surface area contributed by atoms with Crippen LogP contribution in [0, 0.1) is 0 Å². The predicted molar refractivity (Wildman–Crippen MR) is 65.6 cm³/mol.